The van der Waals surface area contributed by atoms with Crippen LogP contribution in [-0.2, 0) is 10.2 Å². The minimum atomic E-state index is -3.72. The van der Waals surface area contributed by atoms with Crippen molar-refractivity contribution in [2.24, 2.45) is 0 Å². The van der Waals surface area contributed by atoms with Gasteiger partial charge in [0, 0.05) is 31.7 Å². The number of aromatic nitrogens is 3. The molecule has 0 saturated heterocycles. The molecule has 11 nitrogen and oxygen atoms in total. The lowest BCUT2D eigenvalue weighted by atomic mass is 9.97. The highest BCUT2D eigenvalue weighted by Gasteiger charge is 2.21. The number of nitrogens with two attached hydrogens (primary N) is 1. The lowest BCUT2D eigenvalue weighted by Crippen LogP contribution is -2.28. The molecule has 0 bridgehead atoms. The van der Waals surface area contributed by atoms with Crippen LogP contribution >= 0.6 is 0 Å². The number of fused-ring (bicyclic) bond motifs is 1. The van der Waals surface area contributed by atoms with Crippen LogP contribution in [0.15, 0.2) is 89.9 Å². The number of anilines is 3. The Hall–Kier alpha value is -5.25. The van der Waals surface area contributed by atoms with Gasteiger partial charge in [0.2, 0.25) is 11.6 Å². The van der Waals surface area contributed by atoms with E-state index in [1.807, 2.05) is 67.6 Å². The maximum atomic E-state index is 14.4. The maximum Gasteiger partial charge on any atom is 0.301 e. The van der Waals surface area contributed by atoms with E-state index in [2.05, 4.69) is 24.9 Å². The molecule has 3 aromatic carbocycles. The number of hydrogen-bond acceptors (Lipinski definition) is 7. The quantitative estimate of drug-likeness (QED) is 0.220. The van der Waals surface area contributed by atoms with Crippen molar-refractivity contribution in [2.75, 3.05) is 29.9 Å². The number of rotatable bonds is 8. The SMILES string of the molecule is [C-]#[N+]c1cnc(N)nc1N[C@@H](C)c1cc2cccc(-c3cccc(NS(=O)(=O)N(C)C)c3)c2c(=O)n1-c1ccccc1. The molecule has 0 unspecified atom stereocenters. The number of nitrogens with zero attached hydrogens (tertiary/aromatic N) is 5. The number of benzene rings is 3. The lowest BCUT2D eigenvalue weighted by molar-refractivity contribution is 0.527. The van der Waals surface area contributed by atoms with Crippen LogP contribution in [0.2, 0.25) is 0 Å². The summed E-state index contributed by atoms with van der Waals surface area (Å²) < 4.78 is 30.1. The minimum Gasteiger partial charge on any atom is -0.371 e. The highest BCUT2D eigenvalue weighted by molar-refractivity contribution is 7.90. The number of nitrogens with one attached hydrogen (secondary N) is 2. The average Bonchev–Trinajstić information content (AvgIpc) is 2.97. The van der Waals surface area contributed by atoms with Crippen LogP contribution in [0, 0.1) is 6.57 Å². The van der Waals surface area contributed by atoms with Crippen molar-refractivity contribution in [3.05, 3.63) is 113 Å². The molecule has 0 radical (unpaired) electrons. The van der Waals surface area contributed by atoms with E-state index in [-0.39, 0.29) is 23.0 Å². The molecule has 1 atom stereocenters. The third kappa shape index (κ3) is 5.51. The Balaban J connectivity index is 1.70. The van der Waals surface area contributed by atoms with Gasteiger partial charge in [0.05, 0.1) is 23.7 Å². The molecule has 0 aliphatic carbocycles. The first-order valence-corrected chi connectivity index (χ1v) is 14.3. The fourth-order valence-electron chi connectivity index (χ4n) is 4.63. The standard InChI is InChI=1S/C30H28N8O3S/c1-19(34-28-25(32-2)18-33-30(31)35-28)26-17-21-11-9-15-24(27(21)29(39)38(26)23-13-6-5-7-14-23)20-10-8-12-22(16-20)36-42(40,41)37(3)4/h5-19,36H,1,3-4H3,(H3,31,33,34,35)/t19-/m0/s1. The van der Waals surface area contributed by atoms with E-state index in [9.17, 15) is 13.2 Å². The number of nitrogen functional groups attached to an aromatic ring is 1. The molecular formula is C30H28N8O3S. The topological polar surface area (TPSA) is 140 Å². The second-order valence-electron chi connectivity index (χ2n) is 9.73. The van der Waals surface area contributed by atoms with E-state index < -0.39 is 16.3 Å². The third-order valence-corrected chi connectivity index (χ3v) is 8.15. The Morgan fingerprint density at radius 2 is 1.76 bits per heavy atom. The van der Waals surface area contributed by atoms with Crippen LogP contribution in [0.3, 0.4) is 0 Å². The normalized spacial score (nSPS) is 12.2. The highest BCUT2D eigenvalue weighted by Crippen LogP contribution is 2.32. The molecule has 0 aliphatic rings. The summed E-state index contributed by atoms with van der Waals surface area (Å²) >= 11 is 0. The molecule has 4 N–H and O–H groups in total. The first-order chi connectivity index (χ1) is 20.1. The van der Waals surface area contributed by atoms with E-state index in [0.717, 1.165) is 4.31 Å². The van der Waals surface area contributed by atoms with Crippen LogP contribution < -0.4 is 21.3 Å². The van der Waals surface area contributed by atoms with Gasteiger partial charge in [-0.1, -0.05) is 48.5 Å². The summed E-state index contributed by atoms with van der Waals surface area (Å²) in [5.41, 5.74) is 8.72. The van der Waals surface area contributed by atoms with Gasteiger partial charge in [0.1, 0.15) is 5.82 Å². The van der Waals surface area contributed by atoms with Crippen molar-refractivity contribution in [1.29, 1.82) is 0 Å². The van der Waals surface area contributed by atoms with E-state index >= 15 is 0 Å². The van der Waals surface area contributed by atoms with Crippen molar-refractivity contribution < 1.29 is 8.42 Å². The van der Waals surface area contributed by atoms with E-state index in [0.29, 0.717) is 39.0 Å². The molecular weight excluding hydrogens is 552 g/mol. The first-order valence-electron chi connectivity index (χ1n) is 12.9. The fourth-order valence-corrected chi connectivity index (χ4v) is 5.24. The molecule has 0 spiro atoms. The summed E-state index contributed by atoms with van der Waals surface area (Å²) in [6.45, 7) is 9.35. The molecule has 12 heteroatoms. The predicted octanol–water partition coefficient (Wildman–Crippen LogP) is 4.97. The van der Waals surface area contributed by atoms with Crippen molar-refractivity contribution >= 4 is 44.1 Å². The van der Waals surface area contributed by atoms with Gasteiger partial charge < -0.3 is 11.1 Å². The van der Waals surface area contributed by atoms with Crippen molar-refractivity contribution in [3.63, 3.8) is 0 Å². The van der Waals surface area contributed by atoms with E-state index in [1.54, 1.807) is 22.8 Å². The lowest BCUT2D eigenvalue weighted by Gasteiger charge is -2.22. The number of pyridine rings is 1. The summed E-state index contributed by atoms with van der Waals surface area (Å²) in [5.74, 6) is 0.290. The van der Waals surface area contributed by atoms with Gasteiger partial charge >= 0.3 is 10.2 Å². The molecule has 5 rings (SSSR count). The smallest absolute Gasteiger partial charge is 0.301 e. The van der Waals surface area contributed by atoms with Crippen LogP contribution in [0.4, 0.5) is 23.1 Å². The van der Waals surface area contributed by atoms with Gasteiger partial charge in [-0.25, -0.2) is 14.8 Å². The van der Waals surface area contributed by atoms with Gasteiger partial charge in [-0.15, -0.1) is 0 Å². The highest BCUT2D eigenvalue weighted by atomic mass is 32.2. The Labute approximate surface area is 243 Å². The summed E-state index contributed by atoms with van der Waals surface area (Å²) in [4.78, 5) is 26.0. The predicted molar refractivity (Wildman–Crippen MR) is 166 cm³/mol. The molecule has 2 aromatic heterocycles. The second kappa shape index (κ2) is 11.3. The molecule has 0 saturated carbocycles. The molecule has 5 aromatic rings. The zero-order valence-corrected chi connectivity index (χ0v) is 23.9. The van der Waals surface area contributed by atoms with E-state index in [1.165, 1.54) is 20.3 Å². The van der Waals surface area contributed by atoms with Crippen LogP contribution in [0.1, 0.15) is 18.7 Å². The van der Waals surface area contributed by atoms with Crippen molar-refractivity contribution in [1.82, 2.24) is 18.8 Å². The first kappa shape index (κ1) is 28.3. The Bertz CT molecular complexity index is 2000. The summed E-state index contributed by atoms with van der Waals surface area (Å²) in [5, 5.41) is 4.40. The van der Waals surface area contributed by atoms with Gasteiger partial charge in [-0.3, -0.25) is 14.1 Å². The minimum absolute atomic E-state index is 0.0239. The van der Waals surface area contributed by atoms with Crippen LogP contribution in [0.25, 0.3) is 32.4 Å². The Morgan fingerprint density at radius 3 is 2.48 bits per heavy atom. The third-order valence-electron chi connectivity index (χ3n) is 6.70. The van der Waals surface area contributed by atoms with Gasteiger partial charge in [-0.05, 0) is 53.8 Å². The van der Waals surface area contributed by atoms with Gasteiger partial charge in [-0.2, -0.15) is 12.7 Å². The maximum absolute atomic E-state index is 14.4. The molecule has 0 fully saturated rings. The van der Waals surface area contributed by atoms with Crippen LogP contribution in [-0.4, -0.2) is 41.4 Å². The zero-order chi connectivity index (χ0) is 30.0. The average molecular weight is 581 g/mol. The Kier molecular flexibility index (Phi) is 7.62. The largest absolute Gasteiger partial charge is 0.371 e. The van der Waals surface area contributed by atoms with Crippen molar-refractivity contribution in [2.45, 2.75) is 13.0 Å². The van der Waals surface area contributed by atoms with Gasteiger partial charge in [0.25, 0.3) is 5.56 Å². The summed E-state index contributed by atoms with van der Waals surface area (Å²) in [6.07, 6.45) is 1.36. The molecule has 0 aliphatic heterocycles. The summed E-state index contributed by atoms with van der Waals surface area (Å²) in [6, 6.07) is 23.2. The number of hydrogen-bond donors (Lipinski definition) is 3. The van der Waals surface area contributed by atoms with E-state index in [4.69, 9.17) is 12.3 Å². The number of para-hydroxylation sites is 1. The van der Waals surface area contributed by atoms with Crippen LogP contribution in [0.5, 0.6) is 0 Å². The molecule has 212 valence electrons. The molecule has 0 amide bonds. The fraction of sp³-hybridized carbons (Fsp3) is 0.133. The van der Waals surface area contributed by atoms with Crippen molar-refractivity contribution in [3.8, 4) is 16.8 Å². The molecule has 2 heterocycles. The van der Waals surface area contributed by atoms with Gasteiger partial charge in [0.15, 0.2) is 0 Å². The summed E-state index contributed by atoms with van der Waals surface area (Å²) in [7, 11) is -0.831. The second-order valence-corrected chi connectivity index (χ2v) is 11.6. The molecule has 42 heavy (non-hydrogen) atoms. The monoisotopic (exact) mass is 580 g/mol. The Morgan fingerprint density at radius 1 is 1.02 bits per heavy atom. The zero-order valence-electron chi connectivity index (χ0n) is 23.1.